The van der Waals surface area contributed by atoms with Crippen LogP contribution in [0.15, 0.2) is 48.5 Å². The number of nitrogens with zero attached hydrogens (tertiary/aromatic N) is 1. The van der Waals surface area contributed by atoms with E-state index in [1.165, 1.54) is 64.7 Å². The Kier molecular flexibility index (Phi) is 14.4. The Balaban J connectivity index is 1.48. The van der Waals surface area contributed by atoms with Gasteiger partial charge in [0.1, 0.15) is 6.04 Å². The fourth-order valence-corrected chi connectivity index (χ4v) is 7.47. The van der Waals surface area contributed by atoms with Crippen molar-refractivity contribution in [1.29, 1.82) is 0 Å². The van der Waals surface area contributed by atoms with E-state index in [1.54, 1.807) is 6.92 Å². The number of ether oxygens (including phenoxy) is 2. The molecule has 2 atom stereocenters. The summed E-state index contributed by atoms with van der Waals surface area (Å²) >= 11 is 0. The van der Waals surface area contributed by atoms with Crippen molar-refractivity contribution in [2.75, 3.05) is 31.6 Å². The predicted octanol–water partition coefficient (Wildman–Crippen LogP) is 5.72. The van der Waals surface area contributed by atoms with Gasteiger partial charge in [0.2, 0.25) is 25.4 Å². The number of rotatable bonds is 16. The van der Waals surface area contributed by atoms with Gasteiger partial charge in [-0.25, -0.2) is 4.79 Å². The summed E-state index contributed by atoms with van der Waals surface area (Å²) in [7, 11) is -5.54. The zero-order valence-corrected chi connectivity index (χ0v) is 34.5. The van der Waals surface area contributed by atoms with Crippen molar-refractivity contribution in [1.82, 2.24) is 10.6 Å². The van der Waals surface area contributed by atoms with E-state index in [-0.39, 0.29) is 31.8 Å². The zero-order chi connectivity index (χ0) is 43.2. The molecule has 18 heteroatoms. The molecular formula is C40H51F2N4O11P. The molecule has 15 nitrogen and oxygen atoms in total. The Morgan fingerprint density at radius 1 is 0.879 bits per heavy atom. The van der Waals surface area contributed by atoms with E-state index in [9.17, 15) is 33.3 Å². The summed E-state index contributed by atoms with van der Waals surface area (Å²) in [5.41, 5.74) is 1.03. The number of esters is 2. The first-order valence-corrected chi connectivity index (χ1v) is 20.2. The topological polar surface area (TPSA) is 210 Å². The Morgan fingerprint density at radius 2 is 1.43 bits per heavy atom. The molecule has 0 saturated heterocycles. The van der Waals surface area contributed by atoms with Gasteiger partial charge >= 0.3 is 31.2 Å². The molecule has 4 rings (SSSR count). The number of allylic oxidation sites excluding steroid dienone is 2. The van der Waals surface area contributed by atoms with E-state index in [0.29, 0.717) is 29.7 Å². The smallest absolute Gasteiger partial charge is 0.410 e. The van der Waals surface area contributed by atoms with Crippen LogP contribution in [0.2, 0.25) is 0 Å². The van der Waals surface area contributed by atoms with Crippen LogP contribution in [0.5, 0.6) is 0 Å². The summed E-state index contributed by atoms with van der Waals surface area (Å²) in [5.74, 6) is -3.60. The lowest BCUT2D eigenvalue weighted by Crippen LogP contribution is -2.51. The highest BCUT2D eigenvalue weighted by atomic mass is 31.2. The van der Waals surface area contributed by atoms with Gasteiger partial charge in [-0.1, -0.05) is 42.5 Å². The molecule has 4 N–H and O–H groups in total. The summed E-state index contributed by atoms with van der Waals surface area (Å²) in [6, 6.07) is 8.48. The third-order valence-corrected chi connectivity index (χ3v) is 11.3. The monoisotopic (exact) mass is 832 g/mol. The molecule has 4 amide bonds. The summed E-state index contributed by atoms with van der Waals surface area (Å²) in [5, 5.41) is 5.12. The van der Waals surface area contributed by atoms with Crippen LogP contribution in [0.3, 0.4) is 0 Å². The van der Waals surface area contributed by atoms with Crippen molar-refractivity contribution in [2.24, 2.45) is 22.5 Å². The van der Waals surface area contributed by atoms with Crippen LogP contribution in [0, 0.1) is 16.7 Å². The highest BCUT2D eigenvalue weighted by Crippen LogP contribution is 2.67. The molecule has 0 fully saturated rings. The molecule has 316 valence electrons. The second-order valence-electron chi connectivity index (χ2n) is 16.1. The van der Waals surface area contributed by atoms with Gasteiger partial charge in [-0.05, 0) is 89.6 Å². The Morgan fingerprint density at radius 3 is 1.98 bits per heavy atom. The van der Waals surface area contributed by atoms with Crippen molar-refractivity contribution in [2.45, 2.75) is 85.9 Å². The van der Waals surface area contributed by atoms with Gasteiger partial charge in [0.25, 0.3) is 0 Å². The van der Waals surface area contributed by atoms with E-state index in [1.807, 2.05) is 18.2 Å². The minimum Gasteiger partial charge on any atom is -0.438 e. The van der Waals surface area contributed by atoms with Gasteiger partial charge < -0.3 is 25.8 Å². The SMILES string of the molecule is C/C(=C\C(=O)C[C@H]1CCc2cccc3c2N(C1=O)[C@H](C(=O)NCCNC(N)=O)C3)c1ccc(C(F)(F)P(=O)(OCOC(=O)C(C)(C)C)OCOC(=O)C(C)(C)C)cc1. The van der Waals surface area contributed by atoms with E-state index in [0.717, 1.165) is 23.3 Å². The average Bonchev–Trinajstić information content (AvgIpc) is 3.48. The molecule has 0 aliphatic carbocycles. The third-order valence-electron chi connectivity index (χ3n) is 9.45. The summed E-state index contributed by atoms with van der Waals surface area (Å²) in [6.45, 7) is 8.61. The maximum atomic E-state index is 16.0. The number of benzene rings is 2. The number of hydrogen-bond acceptors (Lipinski definition) is 11. The molecule has 0 radical (unpaired) electrons. The Bertz CT molecular complexity index is 1950. The number of carbonyl (C=O) groups is 6. The van der Waals surface area contributed by atoms with Crippen molar-refractivity contribution in [3.05, 3.63) is 70.8 Å². The zero-order valence-electron chi connectivity index (χ0n) is 33.6. The van der Waals surface area contributed by atoms with Gasteiger partial charge in [0.05, 0.1) is 16.5 Å². The molecule has 2 aliphatic heterocycles. The van der Waals surface area contributed by atoms with Gasteiger partial charge in [-0.2, -0.15) is 8.78 Å². The molecule has 0 bridgehead atoms. The first kappa shape index (κ1) is 45.7. The van der Waals surface area contributed by atoms with Crippen LogP contribution in [0.4, 0.5) is 19.3 Å². The number of alkyl halides is 2. The molecule has 2 heterocycles. The normalized spacial score (nSPS) is 17.2. The standard InChI is InChI=1S/C40H51F2N4O11P/c1-24(19-30(47)20-28-12-11-26-9-8-10-27-21-31(46(32(26)27)34(28)49)33(48)44-17-18-45-37(43)52)25-13-15-29(16-14-25)40(41,42)58(53,56-22-54-35(50)38(2,3)4)57-23-55-36(51)39(5,6)7/h8-10,13-16,19,28,31H,11-12,17-18,20-23H2,1-7H3,(H,44,48)(H3,43,45,52)/b24-19+/t28-,31+/m1/s1. The van der Waals surface area contributed by atoms with E-state index >= 15 is 8.78 Å². The number of primary amides is 1. The molecule has 0 saturated carbocycles. The highest BCUT2D eigenvalue weighted by molar-refractivity contribution is 7.54. The fraction of sp³-hybridized carbons (Fsp3) is 0.500. The number of hydrogen-bond donors (Lipinski definition) is 3. The minimum atomic E-state index is -5.54. The number of nitrogens with two attached hydrogens (primary N) is 1. The molecule has 0 aromatic heterocycles. The number of nitrogens with one attached hydrogen (secondary N) is 2. The van der Waals surface area contributed by atoms with Gasteiger partial charge in [0.15, 0.2) is 5.78 Å². The molecule has 0 spiro atoms. The largest absolute Gasteiger partial charge is 0.438 e. The van der Waals surface area contributed by atoms with Crippen LogP contribution in [0.25, 0.3) is 5.57 Å². The number of para-hydroxylation sites is 1. The van der Waals surface area contributed by atoms with E-state index in [4.69, 9.17) is 24.3 Å². The molecule has 0 unspecified atom stereocenters. The fourth-order valence-electron chi connectivity index (χ4n) is 6.23. The lowest BCUT2D eigenvalue weighted by atomic mass is 9.92. The Labute approximate surface area is 335 Å². The van der Waals surface area contributed by atoms with Gasteiger partial charge in [-0.3, -0.25) is 42.5 Å². The lowest BCUT2D eigenvalue weighted by Gasteiger charge is -2.27. The third kappa shape index (κ3) is 10.9. The number of urea groups is 1. The van der Waals surface area contributed by atoms with Crippen molar-refractivity contribution in [3.63, 3.8) is 0 Å². The summed E-state index contributed by atoms with van der Waals surface area (Å²) in [4.78, 5) is 77.6. The number of amides is 4. The van der Waals surface area contributed by atoms with Crippen molar-refractivity contribution in [3.8, 4) is 0 Å². The molecular weight excluding hydrogens is 781 g/mol. The average molecular weight is 833 g/mol. The van der Waals surface area contributed by atoms with Crippen LogP contribution < -0.4 is 21.3 Å². The number of halogens is 2. The van der Waals surface area contributed by atoms with Gasteiger partial charge in [-0.15, -0.1) is 0 Å². The maximum absolute atomic E-state index is 16.0. The van der Waals surface area contributed by atoms with Crippen LogP contribution in [-0.4, -0.2) is 68.3 Å². The second kappa shape index (κ2) is 18.3. The highest BCUT2D eigenvalue weighted by Gasteiger charge is 2.56. The second-order valence-corrected chi connectivity index (χ2v) is 18.2. The quantitative estimate of drug-likeness (QED) is 0.0612. The van der Waals surface area contributed by atoms with Crippen LogP contribution >= 0.6 is 7.60 Å². The first-order valence-electron chi connectivity index (χ1n) is 18.6. The summed E-state index contributed by atoms with van der Waals surface area (Å²) < 4.78 is 65.3. The number of aryl methyl sites for hydroxylation is 1. The predicted molar refractivity (Wildman–Crippen MR) is 208 cm³/mol. The number of carbonyl (C=O) groups excluding carboxylic acids is 6. The number of ketones is 1. The van der Waals surface area contributed by atoms with Crippen molar-refractivity contribution >= 4 is 54.4 Å². The van der Waals surface area contributed by atoms with Crippen molar-refractivity contribution < 1.29 is 60.6 Å². The molecule has 58 heavy (non-hydrogen) atoms. The lowest BCUT2D eigenvalue weighted by molar-refractivity contribution is -0.163. The number of anilines is 1. The van der Waals surface area contributed by atoms with E-state index < -0.39 is 84.9 Å². The van der Waals surface area contributed by atoms with Crippen LogP contribution in [-0.2, 0) is 65.6 Å². The summed E-state index contributed by atoms with van der Waals surface area (Å²) in [6.07, 6.45) is 2.24. The molecule has 2 aromatic carbocycles. The molecule has 2 aromatic rings. The molecule has 2 aliphatic rings. The van der Waals surface area contributed by atoms with E-state index in [2.05, 4.69) is 10.6 Å². The maximum Gasteiger partial charge on any atom is 0.410 e. The van der Waals surface area contributed by atoms with Gasteiger partial charge in [0, 0.05) is 37.4 Å². The minimum absolute atomic E-state index is 0.0958. The first-order chi connectivity index (χ1) is 27.0. The Hall–Kier alpha value is -4.99. The van der Waals surface area contributed by atoms with Crippen LogP contribution in [0.1, 0.15) is 83.6 Å².